The Morgan fingerprint density at radius 3 is 2.35 bits per heavy atom. The minimum atomic E-state index is -0.308. The van der Waals surface area contributed by atoms with Crippen molar-refractivity contribution in [2.45, 2.75) is 44.6 Å². The Morgan fingerprint density at radius 2 is 1.65 bits per heavy atom. The van der Waals surface area contributed by atoms with Crippen LogP contribution in [0.15, 0.2) is 48.5 Å². The number of nitrogens with zero attached hydrogens (tertiary/aromatic N) is 2. The van der Waals surface area contributed by atoms with Crippen LogP contribution in [0.1, 0.15) is 57.8 Å². The Hall–Kier alpha value is -3.48. The molecule has 2 aliphatic rings. The molecule has 6 nitrogen and oxygen atoms in total. The first-order valence-electron chi connectivity index (χ1n) is 10.7. The van der Waals surface area contributed by atoms with Gasteiger partial charge < -0.3 is 10.6 Å². The van der Waals surface area contributed by atoms with Crippen LogP contribution in [0.4, 0.5) is 10.1 Å². The zero-order chi connectivity index (χ0) is 21.4. The first kappa shape index (κ1) is 19.5. The molecule has 1 saturated carbocycles. The molecule has 2 amide bonds. The molecular weight excluding hydrogens is 395 g/mol. The second-order valence-electron chi connectivity index (χ2n) is 8.15. The molecular formula is C24H23FN4O2. The molecule has 7 heteroatoms. The Morgan fingerprint density at radius 1 is 0.935 bits per heavy atom. The predicted molar refractivity (Wildman–Crippen MR) is 115 cm³/mol. The molecule has 31 heavy (non-hydrogen) atoms. The third kappa shape index (κ3) is 4.08. The van der Waals surface area contributed by atoms with Crippen LogP contribution in [0.25, 0.3) is 5.69 Å². The van der Waals surface area contributed by atoms with E-state index < -0.39 is 0 Å². The number of nitrogens with one attached hydrogen (secondary N) is 2. The van der Waals surface area contributed by atoms with Gasteiger partial charge in [0.2, 0.25) is 0 Å². The van der Waals surface area contributed by atoms with Gasteiger partial charge in [-0.25, -0.2) is 9.07 Å². The third-order valence-electron chi connectivity index (χ3n) is 5.78. The lowest BCUT2D eigenvalue weighted by Crippen LogP contribution is -2.25. The number of carbonyl (C=O) groups excluding carboxylic acids is 2. The van der Waals surface area contributed by atoms with Crippen LogP contribution in [-0.2, 0) is 12.8 Å². The summed E-state index contributed by atoms with van der Waals surface area (Å²) in [6.45, 7) is 0. The maximum atomic E-state index is 13.3. The van der Waals surface area contributed by atoms with Crippen molar-refractivity contribution in [3.8, 4) is 5.69 Å². The van der Waals surface area contributed by atoms with Crippen LogP contribution < -0.4 is 10.6 Å². The van der Waals surface area contributed by atoms with E-state index in [1.165, 1.54) is 12.1 Å². The highest BCUT2D eigenvalue weighted by molar-refractivity contribution is 6.04. The average Bonchev–Trinajstić information content (AvgIpc) is 3.52. The first-order chi connectivity index (χ1) is 15.1. The number of amides is 2. The number of carbonyl (C=O) groups is 2. The van der Waals surface area contributed by atoms with E-state index in [1.807, 2.05) is 0 Å². The summed E-state index contributed by atoms with van der Waals surface area (Å²) < 4.78 is 15.1. The normalized spacial score (nSPS) is 15.3. The molecule has 158 valence electrons. The van der Waals surface area contributed by atoms with Crippen molar-refractivity contribution in [3.05, 3.63) is 76.9 Å². The van der Waals surface area contributed by atoms with Gasteiger partial charge in [-0.2, -0.15) is 5.10 Å². The number of rotatable bonds is 5. The Kier molecular flexibility index (Phi) is 5.02. The van der Waals surface area contributed by atoms with Gasteiger partial charge in [0.15, 0.2) is 5.69 Å². The topological polar surface area (TPSA) is 76.0 Å². The SMILES string of the molecule is O=C(NC1CC1)c1ccc(NC(=O)c2nn(-c3ccc(F)cc3)c3c2CCCC3)cc1. The Balaban J connectivity index is 1.37. The van der Waals surface area contributed by atoms with Crippen LogP contribution in [0.2, 0.25) is 0 Å². The van der Waals surface area contributed by atoms with Crippen LogP contribution in [0, 0.1) is 5.82 Å². The molecule has 1 aromatic heterocycles. The van der Waals surface area contributed by atoms with Crippen LogP contribution in [0.5, 0.6) is 0 Å². The minimum Gasteiger partial charge on any atom is -0.349 e. The molecule has 0 saturated heterocycles. The Bertz CT molecular complexity index is 1130. The molecule has 2 N–H and O–H groups in total. The van der Waals surface area contributed by atoms with Gasteiger partial charge in [0.05, 0.1) is 5.69 Å². The van der Waals surface area contributed by atoms with Crippen LogP contribution in [0.3, 0.4) is 0 Å². The zero-order valence-electron chi connectivity index (χ0n) is 17.0. The number of hydrogen-bond donors (Lipinski definition) is 2. The van der Waals surface area contributed by atoms with Gasteiger partial charge in [0.1, 0.15) is 5.82 Å². The van der Waals surface area contributed by atoms with Gasteiger partial charge >= 0.3 is 0 Å². The van der Waals surface area contributed by atoms with Gasteiger partial charge in [-0.1, -0.05) is 0 Å². The second kappa shape index (κ2) is 7.98. The second-order valence-corrected chi connectivity index (χ2v) is 8.15. The summed E-state index contributed by atoms with van der Waals surface area (Å²) >= 11 is 0. The van der Waals surface area contributed by atoms with Crippen molar-refractivity contribution in [1.29, 1.82) is 0 Å². The standard InChI is InChI=1S/C24H23FN4O2/c25-16-7-13-19(14-8-16)29-21-4-2-1-3-20(21)22(28-29)24(31)27-17-9-5-15(6-10-17)23(30)26-18-11-12-18/h5-10,13-14,18H,1-4,11-12H2,(H,26,30)(H,27,31). The fourth-order valence-corrected chi connectivity index (χ4v) is 3.97. The molecule has 3 aromatic rings. The summed E-state index contributed by atoms with van der Waals surface area (Å²) in [5.74, 6) is -0.682. The van der Waals surface area contributed by atoms with E-state index in [0.29, 0.717) is 23.0 Å². The molecule has 5 rings (SSSR count). The van der Waals surface area contributed by atoms with Crippen molar-refractivity contribution < 1.29 is 14.0 Å². The molecule has 2 aromatic carbocycles. The average molecular weight is 418 g/mol. The van der Waals surface area contributed by atoms with Crippen molar-refractivity contribution in [1.82, 2.24) is 15.1 Å². The lowest BCUT2D eigenvalue weighted by molar-refractivity contribution is 0.0950. The van der Waals surface area contributed by atoms with Crippen molar-refractivity contribution in [3.63, 3.8) is 0 Å². The lowest BCUT2D eigenvalue weighted by atomic mass is 9.95. The zero-order valence-corrected chi connectivity index (χ0v) is 17.0. The van der Waals surface area contributed by atoms with E-state index in [2.05, 4.69) is 15.7 Å². The molecule has 0 unspecified atom stereocenters. The molecule has 1 fully saturated rings. The maximum Gasteiger partial charge on any atom is 0.276 e. The molecule has 0 bridgehead atoms. The van der Waals surface area contributed by atoms with E-state index in [-0.39, 0.29) is 17.6 Å². The van der Waals surface area contributed by atoms with Gasteiger partial charge in [-0.3, -0.25) is 9.59 Å². The summed E-state index contributed by atoms with van der Waals surface area (Å²) in [6.07, 6.45) is 5.74. The molecule has 2 aliphatic carbocycles. The van der Waals surface area contributed by atoms with E-state index in [9.17, 15) is 14.0 Å². The number of halogens is 1. The van der Waals surface area contributed by atoms with E-state index in [4.69, 9.17) is 0 Å². The highest BCUT2D eigenvalue weighted by Gasteiger charge is 2.26. The minimum absolute atomic E-state index is 0.0903. The fourth-order valence-electron chi connectivity index (χ4n) is 3.97. The predicted octanol–water partition coefficient (Wildman–Crippen LogP) is 4.03. The van der Waals surface area contributed by atoms with Crippen LogP contribution >= 0.6 is 0 Å². The number of aromatic nitrogens is 2. The number of anilines is 1. The quantitative estimate of drug-likeness (QED) is 0.657. The molecule has 0 aliphatic heterocycles. The van der Waals surface area contributed by atoms with Crippen molar-refractivity contribution >= 4 is 17.5 Å². The maximum absolute atomic E-state index is 13.3. The van der Waals surface area contributed by atoms with Gasteiger partial charge in [-0.05, 0) is 87.1 Å². The number of benzene rings is 2. The largest absolute Gasteiger partial charge is 0.349 e. The summed E-state index contributed by atoms with van der Waals surface area (Å²) in [4.78, 5) is 25.2. The molecule has 0 radical (unpaired) electrons. The van der Waals surface area contributed by atoms with Gasteiger partial charge in [-0.15, -0.1) is 0 Å². The van der Waals surface area contributed by atoms with Crippen LogP contribution in [-0.4, -0.2) is 27.6 Å². The molecule has 0 atom stereocenters. The van der Waals surface area contributed by atoms with Crippen molar-refractivity contribution in [2.24, 2.45) is 0 Å². The van der Waals surface area contributed by atoms with E-state index >= 15 is 0 Å². The summed E-state index contributed by atoms with van der Waals surface area (Å²) in [7, 11) is 0. The summed E-state index contributed by atoms with van der Waals surface area (Å²) in [5.41, 5.74) is 4.28. The first-order valence-corrected chi connectivity index (χ1v) is 10.7. The Labute approximate surface area is 179 Å². The fraction of sp³-hybridized carbons (Fsp3) is 0.292. The van der Waals surface area contributed by atoms with Gasteiger partial charge in [0, 0.05) is 28.6 Å². The third-order valence-corrected chi connectivity index (χ3v) is 5.78. The molecule has 0 spiro atoms. The summed E-state index contributed by atoms with van der Waals surface area (Å²) in [6, 6.07) is 13.3. The number of hydrogen-bond acceptors (Lipinski definition) is 3. The summed E-state index contributed by atoms with van der Waals surface area (Å²) in [5, 5.41) is 10.4. The van der Waals surface area contributed by atoms with E-state index in [0.717, 1.165) is 55.5 Å². The van der Waals surface area contributed by atoms with Crippen molar-refractivity contribution in [2.75, 3.05) is 5.32 Å². The number of fused-ring (bicyclic) bond motifs is 1. The highest BCUT2D eigenvalue weighted by Crippen LogP contribution is 2.28. The highest BCUT2D eigenvalue weighted by atomic mass is 19.1. The molecule has 1 heterocycles. The monoisotopic (exact) mass is 418 g/mol. The lowest BCUT2D eigenvalue weighted by Gasteiger charge is -2.14. The van der Waals surface area contributed by atoms with E-state index in [1.54, 1.807) is 41.1 Å². The smallest absolute Gasteiger partial charge is 0.276 e. The van der Waals surface area contributed by atoms with Gasteiger partial charge in [0.25, 0.3) is 11.8 Å².